The maximum Gasteiger partial charge on any atom is 0.356 e. The molecule has 0 saturated heterocycles. The van der Waals surface area contributed by atoms with Crippen molar-refractivity contribution < 1.29 is 19.1 Å². The summed E-state index contributed by atoms with van der Waals surface area (Å²) in [7, 11) is 2.55. The van der Waals surface area contributed by atoms with Crippen LogP contribution in [0.2, 0.25) is 0 Å². The molecule has 1 heterocycles. The SMILES string of the molecule is COC(=O)C1=C(C)NC(C)=C(C(=O)OC)N1c1cccc(N=C=S)c1. The molecular weight excluding hydrogens is 342 g/mol. The lowest BCUT2D eigenvalue weighted by Gasteiger charge is -2.33. The highest BCUT2D eigenvalue weighted by atomic mass is 32.1. The zero-order chi connectivity index (χ0) is 18.6. The van der Waals surface area contributed by atoms with Crippen LogP contribution in [0.1, 0.15) is 13.8 Å². The van der Waals surface area contributed by atoms with Gasteiger partial charge in [-0.25, -0.2) is 9.59 Å². The number of esters is 2. The second kappa shape index (κ2) is 7.74. The third-order valence-electron chi connectivity index (χ3n) is 3.55. The summed E-state index contributed by atoms with van der Waals surface area (Å²) in [6.45, 7) is 3.44. The Morgan fingerprint density at radius 2 is 1.68 bits per heavy atom. The van der Waals surface area contributed by atoms with Crippen molar-refractivity contribution in [2.24, 2.45) is 4.99 Å². The Balaban J connectivity index is 2.72. The molecule has 1 N–H and O–H groups in total. The summed E-state index contributed by atoms with van der Waals surface area (Å²) < 4.78 is 9.76. The van der Waals surface area contributed by atoms with E-state index in [-0.39, 0.29) is 11.4 Å². The minimum atomic E-state index is -0.595. The van der Waals surface area contributed by atoms with Crippen molar-refractivity contribution in [1.29, 1.82) is 0 Å². The van der Waals surface area contributed by atoms with Gasteiger partial charge in [0.2, 0.25) is 0 Å². The smallest absolute Gasteiger partial charge is 0.356 e. The van der Waals surface area contributed by atoms with E-state index < -0.39 is 11.9 Å². The molecule has 7 nitrogen and oxygen atoms in total. The van der Waals surface area contributed by atoms with Crippen LogP contribution in [0, 0.1) is 0 Å². The normalized spacial score (nSPS) is 13.8. The molecule has 2 rings (SSSR count). The Kier molecular flexibility index (Phi) is 5.69. The molecule has 0 radical (unpaired) electrons. The molecule has 0 aromatic heterocycles. The van der Waals surface area contributed by atoms with Gasteiger partial charge in [0.1, 0.15) is 0 Å². The Hall–Kier alpha value is -2.96. The number of benzene rings is 1. The summed E-state index contributed by atoms with van der Waals surface area (Å²) in [6.07, 6.45) is 0. The molecule has 0 saturated carbocycles. The van der Waals surface area contributed by atoms with Crippen LogP contribution < -0.4 is 10.2 Å². The van der Waals surface area contributed by atoms with E-state index in [9.17, 15) is 9.59 Å². The lowest BCUT2D eigenvalue weighted by molar-refractivity contribution is -0.136. The van der Waals surface area contributed by atoms with Crippen LogP contribution in [-0.2, 0) is 19.1 Å². The number of allylic oxidation sites excluding steroid dienone is 2. The molecule has 8 heteroatoms. The van der Waals surface area contributed by atoms with E-state index in [1.54, 1.807) is 38.1 Å². The highest BCUT2D eigenvalue weighted by Crippen LogP contribution is 2.33. The van der Waals surface area contributed by atoms with E-state index in [1.165, 1.54) is 19.1 Å². The van der Waals surface area contributed by atoms with Crippen LogP contribution in [0.15, 0.2) is 52.0 Å². The van der Waals surface area contributed by atoms with Gasteiger partial charge in [-0.05, 0) is 44.3 Å². The van der Waals surface area contributed by atoms with E-state index >= 15 is 0 Å². The molecule has 1 aliphatic rings. The third-order valence-corrected chi connectivity index (χ3v) is 3.64. The van der Waals surface area contributed by atoms with Gasteiger partial charge in [0.05, 0.1) is 25.1 Å². The van der Waals surface area contributed by atoms with Crippen molar-refractivity contribution in [3.8, 4) is 0 Å². The van der Waals surface area contributed by atoms with E-state index in [0.717, 1.165) is 0 Å². The fraction of sp³-hybridized carbons (Fsp3) is 0.235. The highest BCUT2D eigenvalue weighted by molar-refractivity contribution is 7.78. The number of hydrogen-bond donors (Lipinski definition) is 1. The number of hydrogen-bond acceptors (Lipinski definition) is 8. The van der Waals surface area contributed by atoms with Crippen LogP contribution in [0.4, 0.5) is 11.4 Å². The van der Waals surface area contributed by atoms with Crippen molar-refractivity contribution in [3.05, 3.63) is 47.1 Å². The van der Waals surface area contributed by atoms with Crippen molar-refractivity contribution in [2.45, 2.75) is 13.8 Å². The number of anilines is 1. The molecule has 0 aliphatic carbocycles. The molecule has 0 bridgehead atoms. The largest absolute Gasteiger partial charge is 0.464 e. The van der Waals surface area contributed by atoms with Gasteiger partial charge in [-0.3, -0.25) is 4.90 Å². The van der Waals surface area contributed by atoms with Crippen molar-refractivity contribution in [1.82, 2.24) is 5.32 Å². The molecule has 0 unspecified atom stereocenters. The van der Waals surface area contributed by atoms with Crippen LogP contribution in [0.5, 0.6) is 0 Å². The summed E-state index contributed by atoms with van der Waals surface area (Å²) in [6, 6.07) is 6.88. The van der Waals surface area contributed by atoms with Crippen LogP contribution in [-0.4, -0.2) is 31.3 Å². The quantitative estimate of drug-likeness (QED) is 0.503. The average Bonchev–Trinajstić information content (AvgIpc) is 2.60. The zero-order valence-corrected chi connectivity index (χ0v) is 15.1. The molecule has 0 amide bonds. The number of thiocarbonyl (C=S) groups is 1. The monoisotopic (exact) mass is 359 g/mol. The van der Waals surface area contributed by atoms with E-state index in [1.807, 2.05) is 0 Å². The third kappa shape index (κ3) is 3.60. The molecule has 1 aliphatic heterocycles. The van der Waals surface area contributed by atoms with Gasteiger partial charge in [-0.1, -0.05) is 6.07 Å². The number of methoxy groups -OCH3 is 2. The first kappa shape index (κ1) is 18.4. The first-order chi connectivity index (χ1) is 11.9. The number of isothiocyanates is 1. The van der Waals surface area contributed by atoms with E-state index in [0.29, 0.717) is 22.8 Å². The maximum atomic E-state index is 12.3. The van der Waals surface area contributed by atoms with Gasteiger partial charge in [-0.2, -0.15) is 4.99 Å². The second-order valence-electron chi connectivity index (χ2n) is 5.11. The fourth-order valence-electron chi connectivity index (χ4n) is 2.54. The summed E-state index contributed by atoms with van der Waals surface area (Å²) in [5.41, 5.74) is 2.51. The van der Waals surface area contributed by atoms with E-state index in [4.69, 9.17) is 9.47 Å². The summed E-state index contributed by atoms with van der Waals surface area (Å²) in [5.74, 6) is -1.19. The maximum absolute atomic E-state index is 12.3. The van der Waals surface area contributed by atoms with Gasteiger partial charge >= 0.3 is 11.9 Å². The second-order valence-corrected chi connectivity index (χ2v) is 5.30. The standard InChI is InChI=1S/C17H17N3O4S/c1-10-14(16(21)23-3)20(15(11(2)19-10)17(22)24-4)13-7-5-6-12(8-13)18-9-25/h5-8,19H,1-4H3. The first-order valence-electron chi connectivity index (χ1n) is 7.28. The lowest BCUT2D eigenvalue weighted by Crippen LogP contribution is -2.40. The van der Waals surface area contributed by atoms with Crippen molar-refractivity contribution >= 4 is 40.7 Å². The van der Waals surface area contributed by atoms with Crippen molar-refractivity contribution in [2.75, 3.05) is 19.1 Å². The first-order valence-corrected chi connectivity index (χ1v) is 7.68. The Labute approximate surface area is 150 Å². The summed E-state index contributed by atoms with van der Waals surface area (Å²) >= 11 is 4.63. The molecular formula is C17H17N3O4S. The average molecular weight is 359 g/mol. The predicted octanol–water partition coefficient (Wildman–Crippen LogP) is 2.64. The van der Waals surface area contributed by atoms with Crippen LogP contribution in [0.25, 0.3) is 0 Å². The van der Waals surface area contributed by atoms with Gasteiger partial charge in [0.25, 0.3) is 0 Å². The van der Waals surface area contributed by atoms with Gasteiger partial charge in [0, 0.05) is 17.1 Å². The Morgan fingerprint density at radius 3 is 2.16 bits per heavy atom. The predicted molar refractivity (Wildman–Crippen MR) is 96.2 cm³/mol. The zero-order valence-electron chi connectivity index (χ0n) is 14.2. The Morgan fingerprint density at radius 1 is 1.12 bits per heavy atom. The molecule has 0 atom stereocenters. The number of nitrogens with zero attached hydrogens (tertiary/aromatic N) is 2. The van der Waals surface area contributed by atoms with Gasteiger partial charge < -0.3 is 14.8 Å². The molecule has 0 fully saturated rings. The number of carbonyl (C=O) groups is 2. The minimum Gasteiger partial charge on any atom is -0.464 e. The minimum absolute atomic E-state index is 0.178. The van der Waals surface area contributed by atoms with E-state index in [2.05, 4.69) is 27.7 Å². The summed E-state index contributed by atoms with van der Waals surface area (Å²) in [5, 5.41) is 5.30. The molecule has 130 valence electrons. The fourth-order valence-corrected chi connectivity index (χ4v) is 2.65. The molecule has 0 spiro atoms. The van der Waals surface area contributed by atoms with Gasteiger partial charge in [-0.15, -0.1) is 0 Å². The van der Waals surface area contributed by atoms with Gasteiger partial charge in [0.15, 0.2) is 11.4 Å². The number of ether oxygens (including phenoxy) is 2. The molecule has 1 aromatic rings. The summed E-state index contributed by atoms with van der Waals surface area (Å²) in [4.78, 5) is 30.1. The lowest BCUT2D eigenvalue weighted by atomic mass is 10.1. The number of aliphatic imine (C=N–C) groups is 1. The molecule has 25 heavy (non-hydrogen) atoms. The highest BCUT2D eigenvalue weighted by Gasteiger charge is 2.35. The van der Waals surface area contributed by atoms with Crippen LogP contribution >= 0.6 is 12.2 Å². The van der Waals surface area contributed by atoms with Crippen molar-refractivity contribution in [3.63, 3.8) is 0 Å². The molecule has 1 aromatic carbocycles. The van der Waals surface area contributed by atoms with Crippen LogP contribution in [0.3, 0.4) is 0 Å². The number of carbonyl (C=O) groups excluding carboxylic acids is 2. The topological polar surface area (TPSA) is 80.2 Å². The Bertz CT molecular complexity index is 800. The number of nitrogens with one attached hydrogen (secondary N) is 1. The number of rotatable bonds is 4.